The van der Waals surface area contributed by atoms with Gasteiger partial charge in [-0.1, -0.05) is 66.7 Å². The van der Waals surface area contributed by atoms with Gasteiger partial charge in [-0.05, 0) is 30.4 Å². The lowest BCUT2D eigenvalue weighted by Crippen LogP contribution is -2.61. The Bertz CT molecular complexity index is 1120. The third kappa shape index (κ3) is 4.60. The Morgan fingerprint density at radius 2 is 1.57 bits per heavy atom. The van der Waals surface area contributed by atoms with Crippen LogP contribution in [0.3, 0.4) is 0 Å². The molecule has 0 radical (unpaired) electrons. The van der Waals surface area contributed by atoms with E-state index in [2.05, 4.69) is 64.4 Å². The minimum Gasteiger partial charge on any atom is -0.326 e. The van der Waals surface area contributed by atoms with E-state index in [4.69, 9.17) is 14.2 Å². The number of benzene rings is 2. The molecular weight excluding hydrogens is 484 g/mol. The molecule has 194 valence electrons. The molecular formula is C30H34N2O4S. The zero-order chi connectivity index (χ0) is 24.8. The summed E-state index contributed by atoms with van der Waals surface area (Å²) >= 11 is 1.93. The Morgan fingerprint density at radius 1 is 0.919 bits per heavy atom. The van der Waals surface area contributed by atoms with E-state index in [1.165, 1.54) is 16.0 Å². The molecule has 5 saturated heterocycles. The van der Waals surface area contributed by atoms with Gasteiger partial charge in [0.1, 0.15) is 0 Å². The van der Waals surface area contributed by atoms with Gasteiger partial charge in [0.2, 0.25) is 0 Å². The van der Waals surface area contributed by atoms with E-state index in [0.717, 1.165) is 44.3 Å². The molecule has 5 heterocycles. The van der Waals surface area contributed by atoms with Crippen LogP contribution in [0.15, 0.2) is 71.6 Å². The number of carbonyl (C=O) groups is 1. The number of hydrogen-bond donors (Lipinski definition) is 0. The van der Waals surface area contributed by atoms with Crippen LogP contribution in [-0.2, 0) is 27.3 Å². The van der Waals surface area contributed by atoms with Crippen LogP contribution in [0, 0.1) is 0 Å². The largest absolute Gasteiger partial charge is 0.326 e. The minimum absolute atomic E-state index is 0.0756. The third-order valence-corrected chi connectivity index (χ3v) is 9.81. The van der Waals surface area contributed by atoms with E-state index in [-0.39, 0.29) is 23.7 Å². The molecule has 5 aliphatic heterocycles. The summed E-state index contributed by atoms with van der Waals surface area (Å²) < 4.78 is 17.8. The van der Waals surface area contributed by atoms with Crippen LogP contribution >= 0.6 is 11.8 Å². The van der Waals surface area contributed by atoms with Crippen molar-refractivity contribution in [2.24, 2.45) is 0 Å². The molecule has 2 unspecified atom stereocenters. The second-order valence-electron chi connectivity index (χ2n) is 11.1. The molecule has 8 rings (SSSR count). The van der Waals surface area contributed by atoms with E-state index in [9.17, 15) is 4.79 Å². The highest BCUT2D eigenvalue weighted by atomic mass is 32.2. The molecule has 2 amide bonds. The van der Waals surface area contributed by atoms with Crippen LogP contribution in [0.25, 0.3) is 0 Å². The van der Waals surface area contributed by atoms with Gasteiger partial charge in [0, 0.05) is 43.0 Å². The second-order valence-corrected chi connectivity index (χ2v) is 12.2. The number of urea groups is 1. The van der Waals surface area contributed by atoms with E-state index < -0.39 is 6.48 Å². The Labute approximate surface area is 222 Å². The number of carbonyl (C=O) groups excluding carboxylic acids is 1. The van der Waals surface area contributed by atoms with Crippen molar-refractivity contribution in [2.75, 3.05) is 5.75 Å². The van der Waals surface area contributed by atoms with Crippen LogP contribution in [0.5, 0.6) is 0 Å². The average molecular weight is 519 g/mol. The maximum Gasteiger partial charge on any atom is 0.321 e. The van der Waals surface area contributed by atoms with E-state index in [1.807, 2.05) is 23.9 Å². The minimum atomic E-state index is -0.456. The molecule has 0 spiro atoms. The maximum atomic E-state index is 13.7. The molecule has 6 nitrogen and oxygen atoms in total. The number of hydrogen-bond acceptors (Lipinski definition) is 5. The van der Waals surface area contributed by atoms with Gasteiger partial charge in [0.25, 0.3) is 6.48 Å². The first kappa shape index (κ1) is 23.8. The van der Waals surface area contributed by atoms with Crippen molar-refractivity contribution in [3.05, 3.63) is 82.8 Å². The standard InChI is InChI=1S/C30H34N2O4S/c33-28-31(18-21-9-3-1-4-10-21)25-20-37-26(27(25)32(28)19-22-11-5-2-6-12-22)13-7-8-14-30-16-23-15-24(17-30)35-29(34-23)36-30/h1-6,9-13,23-25,27,29H,7-8,14-20H2/t23?,24?,25-,27-,29?,30?/m1/s1. The Hall–Kier alpha value is -2.32. The van der Waals surface area contributed by atoms with Crippen LogP contribution < -0.4 is 0 Å². The van der Waals surface area contributed by atoms with Crippen LogP contribution in [0.1, 0.15) is 49.7 Å². The molecule has 1 saturated carbocycles. The summed E-state index contributed by atoms with van der Waals surface area (Å²) in [5, 5.41) is 0. The fraction of sp³-hybridized carbons (Fsp3) is 0.500. The molecule has 6 fully saturated rings. The smallest absolute Gasteiger partial charge is 0.321 e. The highest BCUT2D eigenvalue weighted by molar-refractivity contribution is 8.03. The van der Waals surface area contributed by atoms with Gasteiger partial charge < -0.3 is 24.0 Å². The van der Waals surface area contributed by atoms with Crippen molar-refractivity contribution in [3.63, 3.8) is 0 Å². The van der Waals surface area contributed by atoms with Crippen LogP contribution in [0.4, 0.5) is 4.79 Å². The molecule has 6 aliphatic rings. The highest BCUT2D eigenvalue weighted by Gasteiger charge is 2.54. The molecule has 4 bridgehead atoms. The van der Waals surface area contributed by atoms with Gasteiger partial charge in [-0.2, -0.15) is 0 Å². The predicted octanol–water partition coefficient (Wildman–Crippen LogP) is 5.68. The maximum absolute atomic E-state index is 13.7. The quantitative estimate of drug-likeness (QED) is 0.332. The molecule has 0 N–H and O–H groups in total. The van der Waals surface area contributed by atoms with Crippen molar-refractivity contribution in [1.29, 1.82) is 0 Å². The number of rotatable bonds is 8. The van der Waals surface area contributed by atoms with Gasteiger partial charge in [-0.25, -0.2) is 4.79 Å². The normalized spacial score (nSPS) is 35.1. The average Bonchev–Trinajstić information content (AvgIpc) is 3.41. The molecule has 0 aromatic heterocycles. The monoisotopic (exact) mass is 518 g/mol. The number of unbranched alkanes of at least 4 members (excludes halogenated alkanes) is 1. The van der Waals surface area contributed by atoms with Crippen molar-refractivity contribution < 1.29 is 19.0 Å². The number of amides is 2. The number of allylic oxidation sites excluding steroid dienone is 1. The second kappa shape index (κ2) is 9.77. The zero-order valence-electron chi connectivity index (χ0n) is 21.0. The van der Waals surface area contributed by atoms with Gasteiger partial charge in [0.05, 0.1) is 29.9 Å². The fourth-order valence-corrected chi connectivity index (χ4v) is 8.32. The van der Waals surface area contributed by atoms with E-state index in [0.29, 0.717) is 25.3 Å². The van der Waals surface area contributed by atoms with Gasteiger partial charge in [-0.15, -0.1) is 11.8 Å². The van der Waals surface area contributed by atoms with Gasteiger partial charge in [-0.3, -0.25) is 0 Å². The predicted molar refractivity (Wildman–Crippen MR) is 143 cm³/mol. The Kier molecular flexibility index (Phi) is 6.28. The first-order chi connectivity index (χ1) is 18.2. The highest BCUT2D eigenvalue weighted by Crippen LogP contribution is 2.48. The Morgan fingerprint density at radius 3 is 2.22 bits per heavy atom. The zero-order valence-corrected chi connectivity index (χ0v) is 21.9. The molecule has 2 aromatic carbocycles. The van der Waals surface area contributed by atoms with Gasteiger partial charge in [0.15, 0.2) is 0 Å². The lowest BCUT2D eigenvalue weighted by molar-refractivity contribution is -0.450. The molecule has 4 atom stereocenters. The summed E-state index contributed by atoms with van der Waals surface area (Å²) in [6.07, 6.45) is 9.11. The van der Waals surface area contributed by atoms with Crippen molar-refractivity contribution >= 4 is 17.8 Å². The Balaban J connectivity index is 1.06. The first-order valence-corrected chi connectivity index (χ1v) is 14.6. The molecule has 2 aromatic rings. The number of ether oxygens (including phenoxy) is 3. The first-order valence-electron chi connectivity index (χ1n) is 13.6. The van der Waals surface area contributed by atoms with Gasteiger partial charge >= 0.3 is 6.03 Å². The van der Waals surface area contributed by atoms with Crippen LogP contribution in [-0.4, -0.2) is 58.0 Å². The summed E-state index contributed by atoms with van der Waals surface area (Å²) in [6.45, 7) is 0.848. The lowest BCUT2D eigenvalue weighted by atomic mass is 9.76. The van der Waals surface area contributed by atoms with E-state index >= 15 is 0 Å². The topological polar surface area (TPSA) is 51.2 Å². The summed E-state index contributed by atoms with van der Waals surface area (Å²) in [4.78, 5) is 19.3. The number of fused-ring (bicyclic) bond motifs is 1. The summed E-state index contributed by atoms with van der Waals surface area (Å²) in [7, 11) is 0. The summed E-state index contributed by atoms with van der Waals surface area (Å²) in [5.41, 5.74) is 2.28. The summed E-state index contributed by atoms with van der Waals surface area (Å²) in [6, 6.07) is 21.2. The number of nitrogens with zero attached hydrogens (tertiary/aromatic N) is 2. The van der Waals surface area contributed by atoms with Crippen molar-refractivity contribution in [3.8, 4) is 0 Å². The lowest BCUT2D eigenvalue weighted by Gasteiger charge is -2.55. The van der Waals surface area contributed by atoms with E-state index in [1.54, 1.807) is 0 Å². The van der Waals surface area contributed by atoms with Crippen molar-refractivity contribution in [1.82, 2.24) is 9.80 Å². The SMILES string of the molecule is O=C1N(Cc2ccccc2)[C@@H]2CSC(=CCCCC34CC5CC(C3)OC(O5)O4)[C@@H]2N1Cc1ccccc1. The fourth-order valence-electron chi connectivity index (χ4n) is 6.90. The molecule has 37 heavy (non-hydrogen) atoms. The number of thioether (sulfide) groups is 1. The van der Waals surface area contributed by atoms with Crippen LogP contribution in [0.2, 0.25) is 0 Å². The van der Waals surface area contributed by atoms with Crippen molar-refractivity contribution in [2.45, 2.75) is 88.0 Å². The third-order valence-electron chi connectivity index (χ3n) is 8.56. The molecule has 1 aliphatic carbocycles. The summed E-state index contributed by atoms with van der Waals surface area (Å²) in [5.74, 6) is 0.952. The molecule has 7 heteroatoms.